The lowest BCUT2D eigenvalue weighted by Gasteiger charge is -2.34. The fraction of sp³-hybridized carbons (Fsp3) is 0.500. The molecule has 3 rings (SSSR count). The van der Waals surface area contributed by atoms with Gasteiger partial charge in [0.05, 0.1) is 16.2 Å². The average molecular weight is 292 g/mol. The minimum atomic E-state index is -0.0367. The molecule has 1 aromatic heterocycles. The highest BCUT2D eigenvalue weighted by Gasteiger charge is 2.33. The quantitative estimate of drug-likeness (QED) is 0.862. The summed E-state index contributed by atoms with van der Waals surface area (Å²) < 4.78 is 1.92. The molecule has 106 valence electrons. The molecular formula is C14H18ClN5. The van der Waals surface area contributed by atoms with Gasteiger partial charge in [-0.3, -0.25) is 0 Å². The summed E-state index contributed by atoms with van der Waals surface area (Å²) >= 11 is 6.31. The molecule has 6 heteroatoms. The Kier molecular flexibility index (Phi) is 3.38. The van der Waals surface area contributed by atoms with Gasteiger partial charge in [-0.2, -0.15) is 0 Å². The lowest BCUT2D eigenvalue weighted by molar-refractivity contribution is 0.197. The van der Waals surface area contributed by atoms with Crippen molar-refractivity contribution in [1.29, 1.82) is 0 Å². The molecule has 1 aliphatic carbocycles. The summed E-state index contributed by atoms with van der Waals surface area (Å²) in [6.07, 6.45) is 5.88. The lowest BCUT2D eigenvalue weighted by atomic mass is 9.83. The van der Waals surface area contributed by atoms with E-state index < -0.39 is 0 Å². The topological polar surface area (TPSA) is 69.6 Å². The Hall–Kier alpha value is -1.62. The predicted octanol–water partition coefficient (Wildman–Crippen LogP) is 3.26. The van der Waals surface area contributed by atoms with Crippen LogP contribution < -0.4 is 5.73 Å². The van der Waals surface area contributed by atoms with Crippen LogP contribution in [0.25, 0.3) is 11.4 Å². The van der Waals surface area contributed by atoms with E-state index in [1.807, 2.05) is 16.8 Å². The number of rotatable bonds is 2. The number of nitrogen functional groups attached to an aromatic ring is 1. The van der Waals surface area contributed by atoms with Crippen LogP contribution in [0.3, 0.4) is 0 Å². The monoisotopic (exact) mass is 291 g/mol. The first-order chi connectivity index (χ1) is 9.62. The van der Waals surface area contributed by atoms with E-state index in [-0.39, 0.29) is 5.54 Å². The van der Waals surface area contributed by atoms with Crippen LogP contribution in [0.15, 0.2) is 18.2 Å². The van der Waals surface area contributed by atoms with E-state index >= 15 is 0 Å². The second kappa shape index (κ2) is 5.05. The standard InChI is InChI=1S/C14H18ClN5/c1-14(8-3-2-4-9-14)20-13(17-18-19-20)10-6-5-7-11(16)12(10)15/h5-7H,2-4,8-9,16H2,1H3. The van der Waals surface area contributed by atoms with Gasteiger partial charge in [0.1, 0.15) is 0 Å². The first-order valence-corrected chi connectivity index (χ1v) is 7.33. The third-order valence-electron chi connectivity index (χ3n) is 4.18. The number of tetrazole rings is 1. The van der Waals surface area contributed by atoms with Gasteiger partial charge in [-0.05, 0) is 42.3 Å². The molecule has 0 spiro atoms. The second-order valence-electron chi connectivity index (χ2n) is 5.68. The third-order valence-corrected chi connectivity index (χ3v) is 4.60. The number of nitrogens with two attached hydrogens (primary N) is 1. The Bertz CT molecular complexity index is 616. The number of hydrogen-bond acceptors (Lipinski definition) is 4. The van der Waals surface area contributed by atoms with Crippen LogP contribution in [0.2, 0.25) is 5.02 Å². The van der Waals surface area contributed by atoms with E-state index in [0.717, 1.165) is 18.4 Å². The molecule has 0 bridgehead atoms. The van der Waals surface area contributed by atoms with Crippen molar-refractivity contribution in [2.75, 3.05) is 5.73 Å². The molecule has 1 aromatic carbocycles. The van der Waals surface area contributed by atoms with Crippen molar-refractivity contribution in [3.8, 4) is 11.4 Å². The smallest absolute Gasteiger partial charge is 0.184 e. The molecule has 0 amide bonds. The fourth-order valence-corrected chi connectivity index (χ4v) is 3.18. The van der Waals surface area contributed by atoms with Gasteiger partial charge < -0.3 is 5.73 Å². The van der Waals surface area contributed by atoms with Crippen molar-refractivity contribution in [1.82, 2.24) is 20.2 Å². The number of aromatic nitrogens is 4. The normalized spacial score (nSPS) is 18.1. The molecule has 1 saturated carbocycles. The highest BCUT2D eigenvalue weighted by Crippen LogP contribution is 2.38. The molecular weight excluding hydrogens is 274 g/mol. The molecule has 2 N–H and O–H groups in total. The molecule has 1 fully saturated rings. The van der Waals surface area contributed by atoms with E-state index in [1.54, 1.807) is 6.07 Å². The van der Waals surface area contributed by atoms with Gasteiger partial charge in [0, 0.05) is 5.56 Å². The molecule has 2 aromatic rings. The van der Waals surface area contributed by atoms with Crippen molar-refractivity contribution >= 4 is 17.3 Å². The first-order valence-electron chi connectivity index (χ1n) is 6.95. The minimum Gasteiger partial charge on any atom is -0.398 e. The van der Waals surface area contributed by atoms with Gasteiger partial charge in [-0.25, -0.2) is 4.68 Å². The Morgan fingerprint density at radius 1 is 1.25 bits per heavy atom. The number of anilines is 1. The van der Waals surface area contributed by atoms with Crippen LogP contribution in [-0.2, 0) is 5.54 Å². The van der Waals surface area contributed by atoms with E-state index in [4.69, 9.17) is 17.3 Å². The van der Waals surface area contributed by atoms with Gasteiger partial charge in [-0.15, -0.1) is 5.10 Å². The van der Waals surface area contributed by atoms with Crippen LogP contribution in [0, 0.1) is 0 Å². The lowest BCUT2D eigenvalue weighted by Crippen LogP contribution is -2.34. The summed E-state index contributed by atoms with van der Waals surface area (Å²) in [6, 6.07) is 5.56. The molecule has 0 atom stereocenters. The van der Waals surface area contributed by atoms with Crippen LogP contribution in [-0.4, -0.2) is 20.2 Å². The minimum absolute atomic E-state index is 0.0367. The summed E-state index contributed by atoms with van der Waals surface area (Å²) in [7, 11) is 0. The molecule has 0 unspecified atom stereocenters. The fourth-order valence-electron chi connectivity index (χ4n) is 2.97. The van der Waals surface area contributed by atoms with E-state index in [2.05, 4.69) is 22.4 Å². The Balaban J connectivity index is 2.08. The summed E-state index contributed by atoms with van der Waals surface area (Å²) in [5, 5.41) is 12.8. The van der Waals surface area contributed by atoms with Crippen molar-refractivity contribution in [2.45, 2.75) is 44.6 Å². The van der Waals surface area contributed by atoms with Crippen molar-refractivity contribution in [3.05, 3.63) is 23.2 Å². The summed E-state index contributed by atoms with van der Waals surface area (Å²) in [4.78, 5) is 0. The zero-order chi connectivity index (χ0) is 14.2. The molecule has 5 nitrogen and oxygen atoms in total. The van der Waals surface area contributed by atoms with Gasteiger partial charge in [-0.1, -0.05) is 36.9 Å². The number of hydrogen-bond donors (Lipinski definition) is 1. The third kappa shape index (κ3) is 2.16. The zero-order valence-corrected chi connectivity index (χ0v) is 12.3. The molecule has 0 radical (unpaired) electrons. The highest BCUT2D eigenvalue weighted by atomic mass is 35.5. The van der Waals surface area contributed by atoms with Crippen LogP contribution in [0.5, 0.6) is 0 Å². The first kappa shape index (κ1) is 13.4. The highest BCUT2D eigenvalue weighted by molar-refractivity contribution is 6.35. The average Bonchev–Trinajstić information content (AvgIpc) is 2.93. The van der Waals surface area contributed by atoms with Crippen molar-refractivity contribution in [2.24, 2.45) is 0 Å². The van der Waals surface area contributed by atoms with Crippen LogP contribution >= 0.6 is 11.6 Å². The van der Waals surface area contributed by atoms with E-state index in [0.29, 0.717) is 16.5 Å². The van der Waals surface area contributed by atoms with Crippen molar-refractivity contribution < 1.29 is 0 Å². The van der Waals surface area contributed by atoms with Crippen LogP contribution in [0.1, 0.15) is 39.0 Å². The molecule has 20 heavy (non-hydrogen) atoms. The molecule has 1 heterocycles. The number of nitrogens with zero attached hydrogens (tertiary/aromatic N) is 4. The van der Waals surface area contributed by atoms with Crippen molar-refractivity contribution in [3.63, 3.8) is 0 Å². The SMILES string of the molecule is CC1(n2nnnc2-c2cccc(N)c2Cl)CCCCC1. The maximum Gasteiger partial charge on any atom is 0.184 e. The summed E-state index contributed by atoms with van der Waals surface area (Å²) in [6.45, 7) is 2.21. The summed E-state index contributed by atoms with van der Waals surface area (Å²) in [5.74, 6) is 0.701. The Morgan fingerprint density at radius 2 is 2.00 bits per heavy atom. The van der Waals surface area contributed by atoms with Gasteiger partial charge in [0.2, 0.25) is 0 Å². The largest absolute Gasteiger partial charge is 0.398 e. The second-order valence-corrected chi connectivity index (χ2v) is 6.06. The van der Waals surface area contributed by atoms with Gasteiger partial charge in [0.25, 0.3) is 0 Å². The molecule has 0 saturated heterocycles. The van der Waals surface area contributed by atoms with Crippen LogP contribution in [0.4, 0.5) is 5.69 Å². The molecule has 0 aliphatic heterocycles. The summed E-state index contributed by atoms with van der Waals surface area (Å²) in [5.41, 5.74) is 7.19. The van der Waals surface area contributed by atoms with E-state index in [1.165, 1.54) is 19.3 Å². The maximum atomic E-state index is 6.31. The van der Waals surface area contributed by atoms with E-state index in [9.17, 15) is 0 Å². The predicted molar refractivity (Wildman–Crippen MR) is 79.4 cm³/mol. The Labute approximate surface area is 123 Å². The zero-order valence-electron chi connectivity index (χ0n) is 11.5. The van der Waals surface area contributed by atoms with Gasteiger partial charge >= 0.3 is 0 Å². The Morgan fingerprint density at radius 3 is 2.75 bits per heavy atom. The molecule has 1 aliphatic rings. The van der Waals surface area contributed by atoms with Gasteiger partial charge in [0.15, 0.2) is 5.82 Å². The number of benzene rings is 1. The maximum absolute atomic E-state index is 6.31. The number of halogens is 1.